The Bertz CT molecular complexity index is 1540. The van der Waals surface area contributed by atoms with E-state index < -0.39 is 0 Å². The largest absolute Gasteiger partial charge is 0.454 e. The van der Waals surface area contributed by atoms with E-state index in [-0.39, 0.29) is 5.41 Å². The molecule has 3 aliphatic carbocycles. The Morgan fingerprint density at radius 1 is 0.895 bits per heavy atom. The van der Waals surface area contributed by atoms with Crippen LogP contribution in [0.3, 0.4) is 0 Å². The molecule has 38 heavy (non-hydrogen) atoms. The van der Waals surface area contributed by atoms with Gasteiger partial charge in [-0.25, -0.2) is 0 Å². The average molecular weight is 500 g/mol. The predicted octanol–water partition coefficient (Wildman–Crippen LogP) is 7.99. The first-order valence-corrected chi connectivity index (χ1v) is 13.8. The van der Waals surface area contributed by atoms with Crippen LogP contribution in [0.25, 0.3) is 11.1 Å². The van der Waals surface area contributed by atoms with Gasteiger partial charge in [-0.05, 0) is 58.4 Å². The molecule has 190 valence electrons. The highest BCUT2D eigenvalue weighted by atomic mass is 16.6. The molecule has 0 saturated carbocycles. The minimum absolute atomic E-state index is 0.0637. The number of allylic oxidation sites excluding steroid dienone is 6. The van der Waals surface area contributed by atoms with Gasteiger partial charge >= 0.3 is 0 Å². The highest BCUT2D eigenvalue weighted by Gasteiger charge is 2.40. The first-order chi connectivity index (χ1) is 18.6. The molecule has 0 bridgehead atoms. The Morgan fingerprint density at radius 3 is 2.63 bits per heavy atom. The van der Waals surface area contributed by atoms with Gasteiger partial charge in [0.25, 0.3) is 0 Å². The number of hydrogen-bond acceptors (Lipinski definition) is 3. The number of fused-ring (bicyclic) bond motifs is 5. The van der Waals surface area contributed by atoms with Gasteiger partial charge in [-0.1, -0.05) is 92.7 Å². The van der Waals surface area contributed by atoms with Crippen molar-refractivity contribution in [3.8, 4) is 22.6 Å². The lowest BCUT2D eigenvalue weighted by Crippen LogP contribution is -2.26. The van der Waals surface area contributed by atoms with Crippen LogP contribution in [0.15, 0.2) is 114 Å². The van der Waals surface area contributed by atoms with Gasteiger partial charge in [0, 0.05) is 36.4 Å². The van der Waals surface area contributed by atoms with E-state index in [1.165, 1.54) is 39.0 Å². The van der Waals surface area contributed by atoms with Crippen LogP contribution in [0, 0.1) is 5.92 Å². The fourth-order valence-electron chi connectivity index (χ4n) is 6.49. The van der Waals surface area contributed by atoms with Crippen LogP contribution in [0.4, 0.5) is 0 Å². The van der Waals surface area contributed by atoms with Crippen molar-refractivity contribution in [3.05, 3.63) is 130 Å². The van der Waals surface area contributed by atoms with Crippen molar-refractivity contribution in [3.63, 3.8) is 0 Å². The molecule has 1 heterocycles. The quantitative estimate of drug-likeness (QED) is 0.386. The van der Waals surface area contributed by atoms with E-state index in [4.69, 9.17) is 9.47 Å². The van der Waals surface area contributed by atoms with Crippen molar-refractivity contribution in [1.29, 1.82) is 0 Å². The first kappa shape index (κ1) is 23.3. The van der Waals surface area contributed by atoms with Gasteiger partial charge in [0.15, 0.2) is 17.3 Å². The minimum Gasteiger partial charge on any atom is -0.454 e. The molecule has 3 nitrogen and oxygen atoms in total. The van der Waals surface area contributed by atoms with Crippen LogP contribution in [-0.4, -0.2) is 6.54 Å². The van der Waals surface area contributed by atoms with Gasteiger partial charge < -0.3 is 14.8 Å². The van der Waals surface area contributed by atoms with Gasteiger partial charge in [-0.15, -0.1) is 0 Å². The Morgan fingerprint density at radius 2 is 1.74 bits per heavy atom. The standard InChI is InChI=1S/C35H33NO2/c1-35(2)28-15-9-8-14-27(28)33-29(35)17-19-31-34(33)38-32-20-24(16-18-30(32)37-31)26-13-7-6-12-25(26)22-36-21-23-10-4-3-5-11-23/h3-11,13-15,17,19-20,25,36H,12,16,18,21-22H2,1-2H3. The molecular formula is C35H33NO2. The van der Waals surface area contributed by atoms with Crippen molar-refractivity contribution >= 4 is 0 Å². The Labute approximate surface area is 225 Å². The molecular weight excluding hydrogens is 466 g/mol. The maximum absolute atomic E-state index is 6.74. The van der Waals surface area contributed by atoms with Gasteiger partial charge in [0.1, 0.15) is 5.76 Å². The molecule has 1 N–H and O–H groups in total. The molecule has 3 aromatic carbocycles. The number of hydrogen-bond donors (Lipinski definition) is 1. The molecule has 0 saturated heterocycles. The molecule has 1 unspecified atom stereocenters. The first-order valence-electron chi connectivity index (χ1n) is 13.8. The third-order valence-electron chi connectivity index (χ3n) is 8.52. The summed E-state index contributed by atoms with van der Waals surface area (Å²) in [5.74, 6) is 3.94. The highest BCUT2D eigenvalue weighted by molar-refractivity contribution is 5.87. The predicted molar refractivity (Wildman–Crippen MR) is 153 cm³/mol. The number of rotatable bonds is 5. The summed E-state index contributed by atoms with van der Waals surface area (Å²) in [6.45, 7) is 6.44. The van der Waals surface area contributed by atoms with E-state index in [0.29, 0.717) is 5.92 Å². The fourth-order valence-corrected chi connectivity index (χ4v) is 6.49. The lowest BCUT2D eigenvalue weighted by molar-refractivity contribution is 0.289. The molecule has 4 aliphatic rings. The minimum atomic E-state index is -0.0637. The van der Waals surface area contributed by atoms with Gasteiger partial charge in [-0.2, -0.15) is 0 Å². The monoisotopic (exact) mass is 499 g/mol. The third-order valence-corrected chi connectivity index (χ3v) is 8.52. The van der Waals surface area contributed by atoms with Crippen LogP contribution in [0.5, 0.6) is 11.5 Å². The summed E-state index contributed by atoms with van der Waals surface area (Å²) in [5, 5.41) is 3.69. The normalized spacial score (nSPS) is 20.3. The second-order valence-electron chi connectivity index (χ2n) is 11.2. The second-order valence-corrected chi connectivity index (χ2v) is 11.2. The van der Waals surface area contributed by atoms with E-state index in [1.807, 2.05) is 0 Å². The number of ether oxygens (including phenoxy) is 2. The van der Waals surface area contributed by atoms with E-state index in [9.17, 15) is 0 Å². The lowest BCUT2D eigenvalue weighted by atomic mass is 9.82. The van der Waals surface area contributed by atoms with Gasteiger partial charge in [0.2, 0.25) is 0 Å². The fraction of sp³-hybridized carbons (Fsp3) is 0.257. The zero-order valence-corrected chi connectivity index (χ0v) is 22.1. The maximum atomic E-state index is 6.74. The lowest BCUT2D eigenvalue weighted by Gasteiger charge is -2.31. The summed E-state index contributed by atoms with van der Waals surface area (Å²) in [5.41, 5.74) is 9.11. The van der Waals surface area contributed by atoms with E-state index in [2.05, 4.69) is 110 Å². The Hall–Kier alpha value is -3.82. The number of benzene rings is 3. The zero-order chi connectivity index (χ0) is 25.7. The Balaban J connectivity index is 1.16. The zero-order valence-electron chi connectivity index (χ0n) is 22.1. The van der Waals surface area contributed by atoms with Gasteiger partial charge in [-0.3, -0.25) is 0 Å². The molecule has 0 aromatic heterocycles. The topological polar surface area (TPSA) is 30.5 Å². The molecule has 1 atom stereocenters. The summed E-state index contributed by atoms with van der Waals surface area (Å²) in [4.78, 5) is 0. The van der Waals surface area contributed by atoms with Crippen molar-refractivity contribution in [2.45, 2.75) is 45.1 Å². The molecule has 7 rings (SSSR count). The van der Waals surface area contributed by atoms with Crippen LogP contribution < -0.4 is 14.8 Å². The van der Waals surface area contributed by atoms with Gasteiger partial charge in [0.05, 0.1) is 0 Å². The summed E-state index contributed by atoms with van der Waals surface area (Å²) in [6, 6.07) is 23.6. The van der Waals surface area contributed by atoms with E-state index in [0.717, 1.165) is 55.4 Å². The van der Waals surface area contributed by atoms with E-state index >= 15 is 0 Å². The van der Waals surface area contributed by atoms with Crippen LogP contribution in [-0.2, 0) is 12.0 Å². The van der Waals surface area contributed by atoms with Crippen molar-refractivity contribution in [2.75, 3.05) is 6.54 Å². The molecule has 0 spiro atoms. The summed E-state index contributed by atoms with van der Waals surface area (Å²) < 4.78 is 13.2. The summed E-state index contributed by atoms with van der Waals surface area (Å²) >= 11 is 0. The smallest absolute Gasteiger partial charge is 0.178 e. The van der Waals surface area contributed by atoms with Crippen molar-refractivity contribution < 1.29 is 9.47 Å². The van der Waals surface area contributed by atoms with Crippen LogP contribution in [0.1, 0.15) is 49.8 Å². The van der Waals surface area contributed by atoms with Crippen LogP contribution >= 0.6 is 0 Å². The molecule has 3 heteroatoms. The molecule has 3 aromatic rings. The van der Waals surface area contributed by atoms with Crippen LogP contribution in [0.2, 0.25) is 0 Å². The Kier molecular flexibility index (Phi) is 5.63. The number of nitrogens with one attached hydrogen (secondary N) is 1. The van der Waals surface area contributed by atoms with E-state index in [1.54, 1.807) is 0 Å². The SMILES string of the molecule is CC1(C)c2ccccc2-c2c1ccc1c2OC2=C(CCC(C3=CC=CCC3CNCc3ccccc3)=C2)O1. The average Bonchev–Trinajstić information content (AvgIpc) is 3.19. The van der Waals surface area contributed by atoms with Crippen molar-refractivity contribution in [2.24, 2.45) is 5.92 Å². The molecule has 0 radical (unpaired) electrons. The van der Waals surface area contributed by atoms with Crippen molar-refractivity contribution in [1.82, 2.24) is 5.32 Å². The third kappa shape index (κ3) is 3.85. The second kappa shape index (κ2) is 9.18. The summed E-state index contributed by atoms with van der Waals surface area (Å²) in [7, 11) is 0. The molecule has 1 aliphatic heterocycles. The highest BCUT2D eigenvalue weighted by Crippen LogP contribution is 2.56. The maximum Gasteiger partial charge on any atom is 0.178 e. The molecule has 0 amide bonds. The summed E-state index contributed by atoms with van der Waals surface area (Å²) in [6.07, 6.45) is 11.9. The molecule has 0 fully saturated rings.